The molecule has 2 aromatic rings. The van der Waals surface area contributed by atoms with Gasteiger partial charge in [-0.1, -0.05) is 18.2 Å². The molecule has 0 amide bonds. The summed E-state index contributed by atoms with van der Waals surface area (Å²) in [5.74, 6) is 0. The van der Waals surface area contributed by atoms with Crippen molar-refractivity contribution in [3.05, 3.63) is 54.4 Å². The van der Waals surface area contributed by atoms with Gasteiger partial charge in [0.1, 0.15) is 0 Å². The number of rotatable bonds is 1. The highest BCUT2D eigenvalue weighted by atomic mass is 14.9. The monoisotopic (exact) mass is 235 g/mol. The van der Waals surface area contributed by atoms with Gasteiger partial charge in [-0.2, -0.15) is 0 Å². The Morgan fingerprint density at radius 1 is 0.889 bits per heavy atom. The van der Waals surface area contributed by atoms with E-state index < -0.39 is 0 Å². The van der Waals surface area contributed by atoms with Crippen LogP contribution in [0.4, 0.5) is 11.4 Å². The molecule has 0 unspecified atom stereocenters. The first-order valence-corrected chi connectivity index (χ1v) is 5.95. The minimum atomic E-state index is 0.742. The largest absolute Gasteiger partial charge is 0.255 e. The molecule has 0 saturated carbocycles. The third kappa shape index (κ3) is 2.07. The molecule has 2 heterocycles. The second-order valence-electron chi connectivity index (χ2n) is 4.29. The van der Waals surface area contributed by atoms with Gasteiger partial charge in [0, 0.05) is 18.3 Å². The van der Waals surface area contributed by atoms with Crippen molar-refractivity contribution in [1.29, 1.82) is 0 Å². The summed E-state index contributed by atoms with van der Waals surface area (Å²) in [7, 11) is 0. The molecular weight excluding hydrogens is 222 g/mol. The van der Waals surface area contributed by atoms with E-state index in [9.17, 15) is 0 Å². The molecule has 0 bridgehead atoms. The lowest BCUT2D eigenvalue weighted by atomic mass is 10.1. The number of fused-ring (bicyclic) bond motifs is 1. The van der Waals surface area contributed by atoms with Crippen molar-refractivity contribution in [2.75, 3.05) is 0 Å². The highest BCUT2D eigenvalue weighted by Crippen LogP contribution is 2.30. The number of hydrogen-bond donors (Lipinski definition) is 0. The number of aliphatic imine (C=N–C) groups is 2. The predicted octanol–water partition coefficient (Wildman–Crippen LogP) is 3.70. The Morgan fingerprint density at radius 3 is 2.33 bits per heavy atom. The highest BCUT2D eigenvalue weighted by molar-refractivity contribution is 6.13. The summed E-state index contributed by atoms with van der Waals surface area (Å²) in [6, 6.07) is 13.8. The van der Waals surface area contributed by atoms with Gasteiger partial charge in [0.25, 0.3) is 0 Å². The highest BCUT2D eigenvalue weighted by Gasteiger charge is 2.12. The number of aromatic nitrogens is 1. The van der Waals surface area contributed by atoms with Crippen molar-refractivity contribution in [3.8, 4) is 0 Å². The quantitative estimate of drug-likeness (QED) is 0.742. The fraction of sp³-hybridized carbons (Fsp3) is 0.133. The van der Waals surface area contributed by atoms with Gasteiger partial charge in [-0.25, -0.2) is 4.99 Å². The molecular formula is C15H13N3. The van der Waals surface area contributed by atoms with E-state index in [0.717, 1.165) is 34.9 Å². The zero-order valence-electron chi connectivity index (χ0n) is 10.2. The second-order valence-corrected chi connectivity index (χ2v) is 4.29. The number of pyridine rings is 1. The van der Waals surface area contributed by atoms with Crippen LogP contribution in [0.25, 0.3) is 0 Å². The van der Waals surface area contributed by atoms with Crippen LogP contribution < -0.4 is 0 Å². The third-order valence-electron chi connectivity index (χ3n) is 2.83. The molecule has 18 heavy (non-hydrogen) atoms. The van der Waals surface area contributed by atoms with Crippen LogP contribution in [0.1, 0.15) is 19.0 Å². The molecule has 1 aliphatic rings. The van der Waals surface area contributed by atoms with Crippen LogP contribution in [0.2, 0.25) is 0 Å². The molecule has 3 nitrogen and oxygen atoms in total. The number of hydrogen-bond acceptors (Lipinski definition) is 3. The van der Waals surface area contributed by atoms with E-state index >= 15 is 0 Å². The molecule has 1 aromatic carbocycles. The van der Waals surface area contributed by atoms with Crippen molar-refractivity contribution in [3.63, 3.8) is 0 Å². The van der Waals surface area contributed by atoms with E-state index in [-0.39, 0.29) is 0 Å². The number of nitrogens with zero attached hydrogens (tertiary/aromatic N) is 3. The summed E-state index contributed by atoms with van der Waals surface area (Å²) in [4.78, 5) is 13.7. The first kappa shape index (κ1) is 10.8. The van der Waals surface area contributed by atoms with Crippen molar-refractivity contribution >= 4 is 22.8 Å². The van der Waals surface area contributed by atoms with Crippen molar-refractivity contribution in [2.45, 2.75) is 13.3 Å². The van der Waals surface area contributed by atoms with E-state index in [1.807, 2.05) is 49.4 Å². The summed E-state index contributed by atoms with van der Waals surface area (Å²) in [5.41, 5.74) is 4.80. The maximum Gasteiger partial charge on any atom is 0.0890 e. The minimum absolute atomic E-state index is 0.742. The van der Waals surface area contributed by atoms with Crippen LogP contribution in [0.5, 0.6) is 0 Å². The fourth-order valence-electron chi connectivity index (χ4n) is 2.01. The third-order valence-corrected chi connectivity index (χ3v) is 2.83. The molecule has 1 aliphatic heterocycles. The van der Waals surface area contributed by atoms with Gasteiger partial charge in [-0.3, -0.25) is 9.98 Å². The topological polar surface area (TPSA) is 37.6 Å². The van der Waals surface area contributed by atoms with E-state index in [1.54, 1.807) is 6.20 Å². The molecule has 3 heteroatoms. The summed E-state index contributed by atoms with van der Waals surface area (Å²) >= 11 is 0. The zero-order chi connectivity index (χ0) is 12.4. The van der Waals surface area contributed by atoms with Crippen molar-refractivity contribution in [2.24, 2.45) is 9.98 Å². The minimum Gasteiger partial charge on any atom is -0.255 e. The van der Waals surface area contributed by atoms with Gasteiger partial charge in [-0.05, 0) is 31.2 Å². The van der Waals surface area contributed by atoms with Gasteiger partial charge in [0.15, 0.2) is 0 Å². The van der Waals surface area contributed by atoms with Gasteiger partial charge < -0.3 is 0 Å². The maximum absolute atomic E-state index is 4.70. The molecule has 0 aliphatic carbocycles. The van der Waals surface area contributed by atoms with Crippen LogP contribution in [0.3, 0.4) is 0 Å². The lowest BCUT2D eigenvalue weighted by Gasteiger charge is -2.02. The van der Waals surface area contributed by atoms with Crippen molar-refractivity contribution in [1.82, 2.24) is 4.98 Å². The summed E-state index contributed by atoms with van der Waals surface area (Å²) in [5, 5.41) is 0. The molecule has 0 N–H and O–H groups in total. The average molecular weight is 235 g/mol. The Balaban J connectivity index is 2.14. The maximum atomic E-state index is 4.70. The second kappa shape index (κ2) is 4.53. The van der Waals surface area contributed by atoms with Gasteiger partial charge in [0.2, 0.25) is 0 Å². The molecule has 3 rings (SSSR count). The lowest BCUT2D eigenvalue weighted by Crippen LogP contribution is -2.07. The first-order valence-electron chi connectivity index (χ1n) is 5.95. The lowest BCUT2D eigenvalue weighted by molar-refractivity contribution is 1.26. The molecule has 0 spiro atoms. The van der Waals surface area contributed by atoms with Crippen LogP contribution in [-0.2, 0) is 0 Å². The Morgan fingerprint density at radius 2 is 1.61 bits per heavy atom. The van der Waals surface area contributed by atoms with Gasteiger partial charge >= 0.3 is 0 Å². The molecule has 0 saturated heterocycles. The van der Waals surface area contributed by atoms with E-state index in [4.69, 9.17) is 4.99 Å². The fourth-order valence-corrected chi connectivity index (χ4v) is 2.01. The molecule has 1 aromatic heterocycles. The van der Waals surface area contributed by atoms with Crippen LogP contribution in [-0.4, -0.2) is 16.4 Å². The first-order chi connectivity index (χ1) is 8.83. The van der Waals surface area contributed by atoms with Crippen LogP contribution in [0.15, 0.2) is 58.6 Å². The summed E-state index contributed by atoms with van der Waals surface area (Å²) in [6.07, 6.45) is 2.53. The Kier molecular flexibility index (Phi) is 2.73. The van der Waals surface area contributed by atoms with Crippen LogP contribution in [0, 0.1) is 0 Å². The Labute approximate surface area is 106 Å². The smallest absolute Gasteiger partial charge is 0.0890 e. The molecule has 0 atom stereocenters. The summed E-state index contributed by atoms with van der Waals surface area (Å²) < 4.78 is 0. The zero-order valence-corrected chi connectivity index (χ0v) is 10.2. The van der Waals surface area contributed by atoms with Crippen molar-refractivity contribution < 1.29 is 0 Å². The van der Waals surface area contributed by atoms with E-state index in [0.29, 0.717) is 0 Å². The van der Waals surface area contributed by atoms with Gasteiger partial charge in [0.05, 0.1) is 22.8 Å². The average Bonchev–Trinajstić information content (AvgIpc) is 2.57. The standard InChI is InChI=1S/C15H13N3/c1-11-10-15(12-6-4-5-9-16-12)18-14-8-3-2-7-13(14)17-11/h2-9H,10H2,1H3. The number of benzene rings is 1. The number of para-hydroxylation sites is 2. The molecule has 0 fully saturated rings. The normalized spacial score (nSPS) is 14.3. The Bertz CT molecular complexity index is 627. The molecule has 0 radical (unpaired) electrons. The Hall–Kier alpha value is -2.29. The van der Waals surface area contributed by atoms with Gasteiger partial charge in [-0.15, -0.1) is 0 Å². The predicted molar refractivity (Wildman–Crippen MR) is 74.3 cm³/mol. The molecule has 88 valence electrons. The SMILES string of the molecule is CC1=Nc2ccccc2N=C(c2ccccn2)C1. The van der Waals surface area contributed by atoms with Crippen LogP contribution >= 0.6 is 0 Å². The summed E-state index contributed by atoms with van der Waals surface area (Å²) in [6.45, 7) is 2.03. The van der Waals surface area contributed by atoms with E-state index in [2.05, 4.69) is 9.98 Å². The van der Waals surface area contributed by atoms with E-state index in [1.165, 1.54) is 0 Å².